The van der Waals surface area contributed by atoms with Gasteiger partial charge in [-0.05, 0) is 52.4 Å². The Bertz CT molecular complexity index is 1050. The summed E-state index contributed by atoms with van der Waals surface area (Å²) < 4.78 is 11.0. The van der Waals surface area contributed by atoms with Crippen molar-refractivity contribution in [2.45, 2.75) is 19.4 Å². The Hall–Kier alpha value is -3.51. The third-order valence-corrected chi connectivity index (χ3v) is 4.96. The highest BCUT2D eigenvalue weighted by Crippen LogP contribution is 2.29. The van der Waals surface area contributed by atoms with Crippen molar-refractivity contribution in [3.8, 4) is 28.3 Å². The molecule has 0 bridgehead atoms. The minimum atomic E-state index is 0.601. The summed E-state index contributed by atoms with van der Waals surface area (Å²) in [5.74, 6) is 1.46. The van der Waals surface area contributed by atoms with E-state index >= 15 is 0 Å². The largest absolute Gasteiger partial charge is 0.497 e. The number of aromatic amines is 1. The lowest BCUT2D eigenvalue weighted by Crippen LogP contribution is -1.98. The van der Waals surface area contributed by atoms with E-state index in [1.807, 2.05) is 42.5 Å². The minimum absolute atomic E-state index is 0.601. The van der Waals surface area contributed by atoms with Crippen molar-refractivity contribution in [1.82, 2.24) is 20.6 Å². The average Bonchev–Trinajstić information content (AvgIpc) is 3.35. The second-order valence-electron chi connectivity index (χ2n) is 6.98. The first-order valence-corrected chi connectivity index (χ1v) is 9.96. The van der Waals surface area contributed by atoms with Crippen molar-refractivity contribution < 1.29 is 9.47 Å². The second kappa shape index (κ2) is 9.80. The number of benzene rings is 3. The van der Waals surface area contributed by atoms with Crippen molar-refractivity contribution in [3.63, 3.8) is 0 Å². The third-order valence-electron chi connectivity index (χ3n) is 4.96. The lowest BCUT2D eigenvalue weighted by atomic mass is 9.97. The van der Waals surface area contributed by atoms with E-state index in [4.69, 9.17) is 9.47 Å². The topological polar surface area (TPSA) is 72.9 Å². The fraction of sp³-hybridized carbons (Fsp3) is 0.208. The van der Waals surface area contributed by atoms with Gasteiger partial charge in [-0.2, -0.15) is 5.21 Å². The van der Waals surface area contributed by atoms with E-state index in [1.165, 1.54) is 5.56 Å². The Morgan fingerprint density at radius 3 is 2.27 bits per heavy atom. The van der Waals surface area contributed by atoms with Crippen LogP contribution in [0.25, 0.3) is 22.5 Å². The number of methoxy groups -OCH3 is 1. The van der Waals surface area contributed by atoms with Crippen LogP contribution in [0.15, 0.2) is 72.8 Å². The van der Waals surface area contributed by atoms with Gasteiger partial charge in [-0.3, -0.25) is 0 Å². The Morgan fingerprint density at radius 1 is 0.833 bits per heavy atom. The number of nitrogens with one attached hydrogen (secondary N) is 1. The first-order chi connectivity index (χ1) is 14.8. The average molecular weight is 400 g/mol. The lowest BCUT2D eigenvalue weighted by Gasteiger charge is -2.09. The van der Waals surface area contributed by atoms with Crippen LogP contribution in [-0.4, -0.2) is 34.3 Å². The maximum Gasteiger partial charge on any atom is 0.205 e. The van der Waals surface area contributed by atoms with Gasteiger partial charge in [0.15, 0.2) is 0 Å². The zero-order valence-electron chi connectivity index (χ0n) is 16.9. The molecule has 1 heterocycles. The summed E-state index contributed by atoms with van der Waals surface area (Å²) in [7, 11) is 1.67. The zero-order valence-corrected chi connectivity index (χ0v) is 16.9. The van der Waals surface area contributed by atoms with Crippen LogP contribution in [0, 0.1) is 0 Å². The van der Waals surface area contributed by atoms with Crippen LogP contribution in [-0.2, 0) is 17.8 Å². The van der Waals surface area contributed by atoms with E-state index < -0.39 is 0 Å². The molecular formula is C24H24N4O2. The van der Waals surface area contributed by atoms with Crippen LogP contribution < -0.4 is 4.74 Å². The number of aryl methyl sites for hydroxylation is 1. The molecule has 0 amide bonds. The van der Waals surface area contributed by atoms with Gasteiger partial charge >= 0.3 is 0 Å². The van der Waals surface area contributed by atoms with Gasteiger partial charge in [0.1, 0.15) is 5.75 Å². The molecule has 4 rings (SSSR count). The van der Waals surface area contributed by atoms with Crippen LogP contribution >= 0.6 is 0 Å². The Kier molecular flexibility index (Phi) is 6.47. The Balaban J connectivity index is 1.29. The van der Waals surface area contributed by atoms with Crippen molar-refractivity contribution in [3.05, 3.63) is 83.9 Å². The van der Waals surface area contributed by atoms with Crippen molar-refractivity contribution >= 4 is 0 Å². The monoisotopic (exact) mass is 400 g/mol. The highest BCUT2D eigenvalue weighted by atomic mass is 16.5. The molecule has 0 unspecified atom stereocenters. The van der Waals surface area contributed by atoms with E-state index in [-0.39, 0.29) is 0 Å². The molecule has 6 heteroatoms. The molecule has 3 aromatic carbocycles. The maximum absolute atomic E-state index is 5.80. The van der Waals surface area contributed by atoms with Crippen LogP contribution in [0.3, 0.4) is 0 Å². The predicted octanol–water partition coefficient (Wildman–Crippen LogP) is 4.69. The lowest BCUT2D eigenvalue weighted by molar-refractivity contribution is 0.118. The van der Waals surface area contributed by atoms with Gasteiger partial charge < -0.3 is 9.47 Å². The molecule has 0 radical (unpaired) electrons. The summed E-state index contributed by atoms with van der Waals surface area (Å²) in [6.45, 7) is 1.35. The summed E-state index contributed by atoms with van der Waals surface area (Å²) in [4.78, 5) is 0. The van der Waals surface area contributed by atoms with E-state index in [9.17, 15) is 0 Å². The summed E-state index contributed by atoms with van der Waals surface area (Å²) in [5, 5.41) is 14.4. The smallest absolute Gasteiger partial charge is 0.205 e. The van der Waals surface area contributed by atoms with Gasteiger partial charge in [0.25, 0.3) is 0 Å². The fourth-order valence-electron chi connectivity index (χ4n) is 3.35. The summed E-state index contributed by atoms with van der Waals surface area (Å²) >= 11 is 0. The summed E-state index contributed by atoms with van der Waals surface area (Å²) in [5.41, 5.74) is 5.64. The predicted molar refractivity (Wildman–Crippen MR) is 116 cm³/mol. The first-order valence-electron chi connectivity index (χ1n) is 9.96. The first kappa shape index (κ1) is 19.8. The second-order valence-corrected chi connectivity index (χ2v) is 6.98. The highest BCUT2D eigenvalue weighted by molar-refractivity contribution is 5.80. The molecule has 0 aliphatic heterocycles. The highest BCUT2D eigenvalue weighted by Gasteiger charge is 2.10. The van der Waals surface area contributed by atoms with E-state index in [2.05, 4.69) is 51.0 Å². The molecule has 0 spiro atoms. The standard InChI is InChI=1S/C24H24N4O2/c1-29-21-14-10-19(11-15-21)17-30-16-4-5-18-8-12-20(13-9-18)22-6-2-3-7-23(22)24-25-27-28-26-24/h2-3,6-15H,4-5,16-17H2,1H3,(H,25,26,27,28). The Labute approximate surface area is 175 Å². The Morgan fingerprint density at radius 2 is 1.57 bits per heavy atom. The van der Waals surface area contributed by atoms with Gasteiger partial charge in [0.2, 0.25) is 5.82 Å². The molecule has 1 aromatic heterocycles. The maximum atomic E-state index is 5.80. The summed E-state index contributed by atoms with van der Waals surface area (Å²) in [6.07, 6.45) is 1.96. The van der Waals surface area contributed by atoms with Gasteiger partial charge in [0, 0.05) is 12.2 Å². The molecule has 0 saturated heterocycles. The number of hydrogen-bond donors (Lipinski definition) is 1. The third kappa shape index (κ3) is 4.90. The van der Waals surface area contributed by atoms with Crippen molar-refractivity contribution in [2.75, 3.05) is 13.7 Å². The van der Waals surface area contributed by atoms with Crippen LogP contribution in [0.2, 0.25) is 0 Å². The van der Waals surface area contributed by atoms with E-state index in [0.29, 0.717) is 12.4 Å². The molecule has 4 aromatic rings. The SMILES string of the molecule is COc1ccc(COCCCc2ccc(-c3ccccc3-c3nn[nH]n3)cc2)cc1. The number of tetrazole rings is 1. The number of aromatic nitrogens is 4. The molecule has 0 saturated carbocycles. The van der Waals surface area contributed by atoms with Crippen LogP contribution in [0.1, 0.15) is 17.5 Å². The number of H-pyrrole nitrogens is 1. The summed E-state index contributed by atoms with van der Waals surface area (Å²) in [6, 6.07) is 24.7. The van der Waals surface area contributed by atoms with Gasteiger partial charge in [-0.15, -0.1) is 10.2 Å². The van der Waals surface area contributed by atoms with E-state index in [1.54, 1.807) is 7.11 Å². The minimum Gasteiger partial charge on any atom is -0.497 e. The quantitative estimate of drug-likeness (QED) is 0.413. The van der Waals surface area contributed by atoms with Gasteiger partial charge in [-0.1, -0.05) is 60.7 Å². The van der Waals surface area contributed by atoms with Gasteiger partial charge in [-0.25, -0.2) is 0 Å². The molecule has 0 atom stereocenters. The van der Waals surface area contributed by atoms with Gasteiger partial charge in [0.05, 0.1) is 13.7 Å². The number of rotatable bonds is 9. The number of ether oxygens (including phenoxy) is 2. The van der Waals surface area contributed by atoms with Crippen LogP contribution in [0.4, 0.5) is 0 Å². The van der Waals surface area contributed by atoms with Crippen LogP contribution in [0.5, 0.6) is 5.75 Å². The molecular weight excluding hydrogens is 376 g/mol. The zero-order chi connectivity index (χ0) is 20.6. The van der Waals surface area contributed by atoms with E-state index in [0.717, 1.165) is 47.5 Å². The number of hydrogen-bond acceptors (Lipinski definition) is 5. The molecule has 6 nitrogen and oxygen atoms in total. The fourth-order valence-corrected chi connectivity index (χ4v) is 3.35. The molecule has 0 aliphatic rings. The molecule has 152 valence electrons. The van der Waals surface area contributed by atoms with Crippen molar-refractivity contribution in [2.24, 2.45) is 0 Å². The molecule has 1 N–H and O–H groups in total. The molecule has 0 aliphatic carbocycles. The molecule has 30 heavy (non-hydrogen) atoms. The molecule has 0 fully saturated rings. The number of nitrogens with zero attached hydrogens (tertiary/aromatic N) is 3. The normalized spacial score (nSPS) is 10.8. The van der Waals surface area contributed by atoms with Crippen molar-refractivity contribution in [1.29, 1.82) is 0 Å².